The second-order valence-electron chi connectivity index (χ2n) is 16.2. The highest BCUT2D eigenvalue weighted by Crippen LogP contribution is 2.29. The largest absolute Gasteiger partial charge is 0.478 e. The molecule has 378 valence electrons. The lowest BCUT2D eigenvalue weighted by Crippen LogP contribution is -2.43. The van der Waals surface area contributed by atoms with Gasteiger partial charge in [0.2, 0.25) is 0 Å². The number of carbonyl (C=O) groups excluding carboxylic acids is 9. The van der Waals surface area contributed by atoms with Crippen molar-refractivity contribution in [3.63, 3.8) is 0 Å². The number of hydrogen-bond donors (Lipinski definition) is 6. The van der Waals surface area contributed by atoms with Crippen LogP contribution in [0.3, 0.4) is 0 Å². The van der Waals surface area contributed by atoms with E-state index >= 15 is 0 Å². The van der Waals surface area contributed by atoms with Crippen LogP contribution in [0.5, 0.6) is 11.5 Å². The number of aryl methyl sites for hydroxylation is 5. The third-order valence-electron chi connectivity index (χ3n) is 11.3. The molecule has 2 aliphatic rings. The minimum atomic E-state index is -1.22. The first kappa shape index (κ1) is 54.6. The van der Waals surface area contributed by atoms with Crippen molar-refractivity contribution in [1.29, 1.82) is 0 Å². The second kappa shape index (κ2) is 24.5. The summed E-state index contributed by atoms with van der Waals surface area (Å²) < 4.78 is 9.47. The van der Waals surface area contributed by atoms with E-state index < -0.39 is 53.3 Å². The number of aromatic carboxylic acids is 2. The van der Waals surface area contributed by atoms with Gasteiger partial charge in [-0.25, -0.2) is 9.59 Å². The molecule has 0 saturated heterocycles. The van der Waals surface area contributed by atoms with E-state index in [-0.39, 0.29) is 72.3 Å². The minimum absolute atomic E-state index is 0.000272. The molecule has 5 aromatic rings. The van der Waals surface area contributed by atoms with Gasteiger partial charge in [0.05, 0.1) is 63.4 Å². The number of imide groups is 2. The fourth-order valence-corrected chi connectivity index (χ4v) is 7.43. The van der Waals surface area contributed by atoms with Gasteiger partial charge in [-0.3, -0.25) is 53.0 Å². The molecule has 21 heteroatoms. The Morgan fingerprint density at radius 2 is 0.973 bits per heavy atom. The number of hydrogen-bond acceptors (Lipinski definition) is 14. The van der Waals surface area contributed by atoms with Gasteiger partial charge in [-0.1, -0.05) is 49.2 Å². The topological polar surface area (TPSA) is 301 Å². The highest BCUT2D eigenvalue weighted by atomic mass is 16.5. The quantitative estimate of drug-likeness (QED) is 0.0426. The van der Waals surface area contributed by atoms with E-state index in [2.05, 4.69) is 26.0 Å². The van der Waals surface area contributed by atoms with E-state index in [1.54, 1.807) is 75.5 Å². The molecule has 7 rings (SSSR count). The molecule has 21 nitrogen and oxygen atoms in total. The van der Waals surface area contributed by atoms with Gasteiger partial charge in [0.25, 0.3) is 54.3 Å². The SMILES string of the molecule is CCc1ccc(OC=O)c(C(=O)NCNC(=O)c2cc(C)ccc2C(=O)O)c1.CCc1ccc2c(c1)C(=O)N(CN1C(=O)c3ccc(C)cc3C1=O)C2=O.CNCNC(=O)c1cc(C)c(C(=O)O)cc1OC=O. The number of benzene rings is 5. The van der Waals surface area contributed by atoms with Crippen LogP contribution < -0.4 is 30.7 Å². The molecule has 7 amide bonds. The molecule has 5 aromatic carbocycles. The lowest BCUT2D eigenvalue weighted by atomic mass is 10.0. The monoisotopic (exact) mass is 998 g/mol. The fraction of sp³-hybridized carbons (Fsp3) is 0.212. The summed E-state index contributed by atoms with van der Waals surface area (Å²) in [5.74, 6) is -5.95. The van der Waals surface area contributed by atoms with Gasteiger partial charge in [0.15, 0.2) is 0 Å². The summed E-state index contributed by atoms with van der Waals surface area (Å²) in [6.07, 6.45) is 1.43. The van der Waals surface area contributed by atoms with E-state index in [4.69, 9.17) is 9.84 Å². The Morgan fingerprint density at radius 1 is 0.507 bits per heavy atom. The van der Waals surface area contributed by atoms with E-state index in [1.807, 2.05) is 20.8 Å². The zero-order valence-corrected chi connectivity index (χ0v) is 40.4. The van der Waals surface area contributed by atoms with Crippen molar-refractivity contribution >= 4 is 66.2 Å². The number of ether oxygens (including phenoxy) is 2. The van der Waals surface area contributed by atoms with Crippen LogP contribution in [0.25, 0.3) is 0 Å². The summed E-state index contributed by atoms with van der Waals surface area (Å²) in [5, 5.41) is 28.4. The number of carbonyl (C=O) groups is 11. The van der Waals surface area contributed by atoms with E-state index in [0.29, 0.717) is 34.2 Å². The molecule has 0 fully saturated rings. The van der Waals surface area contributed by atoms with Gasteiger partial charge in [-0.05, 0) is 118 Å². The predicted molar refractivity (Wildman–Crippen MR) is 260 cm³/mol. The molecule has 0 radical (unpaired) electrons. The summed E-state index contributed by atoms with van der Waals surface area (Å²) in [6.45, 7) is 9.00. The number of rotatable bonds is 17. The first-order valence-corrected chi connectivity index (χ1v) is 22.3. The summed E-state index contributed by atoms with van der Waals surface area (Å²) in [5.41, 5.74) is 5.14. The molecular formula is C52H50N6O15. The van der Waals surface area contributed by atoms with Gasteiger partial charge in [0.1, 0.15) is 18.2 Å². The highest BCUT2D eigenvalue weighted by Gasteiger charge is 2.42. The zero-order chi connectivity index (χ0) is 53.7. The molecule has 0 atom stereocenters. The van der Waals surface area contributed by atoms with Gasteiger partial charge in [0, 0.05) is 0 Å². The van der Waals surface area contributed by atoms with E-state index in [1.165, 1.54) is 24.3 Å². The van der Waals surface area contributed by atoms with Crippen molar-refractivity contribution in [2.24, 2.45) is 0 Å². The number of nitrogens with zero attached hydrogens (tertiary/aromatic N) is 2. The number of amides is 7. The molecule has 0 aliphatic carbocycles. The standard InChI is InChI=1S/C20H20N2O6.C20H16N2O4.C12H14N2O5/c1-3-13-5-7-17(28-11-23)16(9-13)19(25)22-10-21-18(24)15-8-12(2)4-6-14(15)20(26)27;1-3-12-5-7-14-16(9-12)20(26)22(18(14)24)10-21-17(23)13-6-4-11(2)8-15(13)19(21)25;1-7-3-9(11(16)14-5-13-2)10(19-6-15)4-8(7)12(17)18/h4-9,11H,3,10H2,1-2H3,(H,21,24)(H,22,25)(H,26,27);4-9H,3,10H2,1-2H3;3-4,6,13H,5H2,1-2H3,(H,14,16)(H,17,18). The fourth-order valence-electron chi connectivity index (χ4n) is 7.43. The number of carboxylic acid groups (broad SMARTS) is 2. The third-order valence-corrected chi connectivity index (χ3v) is 11.3. The molecule has 0 unspecified atom stereocenters. The number of nitrogens with one attached hydrogen (secondary N) is 4. The van der Waals surface area contributed by atoms with Crippen molar-refractivity contribution in [1.82, 2.24) is 31.1 Å². The Bertz CT molecular complexity index is 3080. The average molecular weight is 999 g/mol. The van der Waals surface area contributed by atoms with Crippen LogP contribution in [0.15, 0.2) is 84.9 Å². The maximum atomic E-state index is 12.7. The van der Waals surface area contributed by atoms with Crippen LogP contribution in [0, 0.1) is 20.8 Å². The van der Waals surface area contributed by atoms with Gasteiger partial charge in [-0.2, -0.15) is 0 Å². The van der Waals surface area contributed by atoms with Crippen molar-refractivity contribution in [2.75, 3.05) is 27.1 Å². The maximum absolute atomic E-state index is 12.7. The first-order chi connectivity index (χ1) is 34.8. The molecule has 0 aromatic heterocycles. The molecule has 2 aliphatic heterocycles. The van der Waals surface area contributed by atoms with Crippen molar-refractivity contribution in [3.8, 4) is 11.5 Å². The number of carboxylic acids is 2. The number of fused-ring (bicyclic) bond motifs is 2. The summed E-state index contributed by atoms with van der Waals surface area (Å²) in [6, 6.07) is 21.9. The minimum Gasteiger partial charge on any atom is -0.478 e. The molecule has 0 saturated carbocycles. The van der Waals surface area contributed by atoms with Gasteiger partial charge < -0.3 is 41.0 Å². The van der Waals surface area contributed by atoms with Gasteiger partial charge in [-0.15, -0.1) is 0 Å². The lowest BCUT2D eigenvalue weighted by Gasteiger charge is -2.20. The lowest BCUT2D eigenvalue weighted by molar-refractivity contribution is -0.121. The van der Waals surface area contributed by atoms with Crippen molar-refractivity contribution in [2.45, 2.75) is 47.5 Å². The molecule has 0 spiro atoms. The molecule has 6 N–H and O–H groups in total. The molecule has 2 heterocycles. The van der Waals surface area contributed by atoms with Crippen LogP contribution in [0.2, 0.25) is 0 Å². The maximum Gasteiger partial charge on any atom is 0.336 e. The molecule has 73 heavy (non-hydrogen) atoms. The highest BCUT2D eigenvalue weighted by molar-refractivity contribution is 6.24. The van der Waals surface area contributed by atoms with Crippen LogP contribution in [-0.4, -0.2) is 113 Å². The Kier molecular flexibility index (Phi) is 18.3. The average Bonchev–Trinajstić information content (AvgIpc) is 3.75. The summed E-state index contributed by atoms with van der Waals surface area (Å²) in [4.78, 5) is 132. The third kappa shape index (κ3) is 12.7. The Hall–Kier alpha value is -9.37. The van der Waals surface area contributed by atoms with E-state index in [9.17, 15) is 57.8 Å². The van der Waals surface area contributed by atoms with Crippen LogP contribution in [0.4, 0.5) is 0 Å². The molecule has 0 bridgehead atoms. The van der Waals surface area contributed by atoms with Crippen molar-refractivity contribution < 1.29 is 72.4 Å². The van der Waals surface area contributed by atoms with Crippen LogP contribution in [-0.2, 0) is 22.4 Å². The van der Waals surface area contributed by atoms with Crippen molar-refractivity contribution in [3.05, 3.63) is 163 Å². The predicted octanol–water partition coefficient (Wildman–Crippen LogP) is 4.45. The normalized spacial score (nSPS) is 12.0. The Balaban J connectivity index is 0.000000207. The molecular weight excluding hydrogens is 949 g/mol. The van der Waals surface area contributed by atoms with Crippen LogP contribution >= 0.6 is 0 Å². The summed E-state index contributed by atoms with van der Waals surface area (Å²) >= 11 is 0. The second-order valence-corrected chi connectivity index (χ2v) is 16.2. The smallest absolute Gasteiger partial charge is 0.336 e. The van der Waals surface area contributed by atoms with Gasteiger partial charge >= 0.3 is 11.9 Å². The van der Waals surface area contributed by atoms with E-state index in [0.717, 1.165) is 44.5 Å². The van der Waals surface area contributed by atoms with Crippen LogP contribution in [0.1, 0.15) is 135 Å². The Morgan fingerprint density at radius 3 is 1.53 bits per heavy atom. The Labute approximate surface area is 417 Å². The zero-order valence-electron chi connectivity index (χ0n) is 40.4. The first-order valence-electron chi connectivity index (χ1n) is 22.3. The summed E-state index contributed by atoms with van der Waals surface area (Å²) in [7, 11) is 1.65.